The molecule has 1 aromatic rings. The van der Waals surface area contributed by atoms with Gasteiger partial charge in [0.15, 0.2) is 0 Å². The van der Waals surface area contributed by atoms with E-state index in [9.17, 15) is 0 Å². The molecule has 1 unspecified atom stereocenters. The molecule has 0 bridgehead atoms. The van der Waals surface area contributed by atoms with Crippen molar-refractivity contribution in [1.82, 2.24) is 4.98 Å². The molecule has 1 atom stereocenters. The Labute approximate surface area is 102 Å². The summed E-state index contributed by atoms with van der Waals surface area (Å²) in [5, 5.41) is 0. The van der Waals surface area contributed by atoms with Crippen LogP contribution in [0.4, 0.5) is 0 Å². The maximum atomic E-state index is 5.70. The van der Waals surface area contributed by atoms with Gasteiger partial charge in [0.25, 0.3) is 0 Å². The van der Waals surface area contributed by atoms with Gasteiger partial charge < -0.3 is 15.2 Å². The third kappa shape index (κ3) is 5.34. The highest BCUT2D eigenvalue weighted by Gasteiger charge is 2.04. The lowest BCUT2D eigenvalue weighted by molar-refractivity contribution is 0.135. The molecule has 1 aromatic heterocycles. The molecule has 0 aliphatic heterocycles. The smallest absolute Gasteiger partial charge is 0.139 e. The summed E-state index contributed by atoms with van der Waals surface area (Å²) in [5.74, 6) is 6.42. The molecule has 2 N–H and O–H groups in total. The number of methoxy groups -OCH3 is 1. The number of ether oxygens (including phenoxy) is 2. The van der Waals surface area contributed by atoms with Crippen LogP contribution in [0, 0.1) is 11.8 Å². The minimum absolute atomic E-state index is 0.0921. The molecule has 4 heteroatoms. The van der Waals surface area contributed by atoms with E-state index < -0.39 is 0 Å². The Kier molecular flexibility index (Phi) is 6.08. The van der Waals surface area contributed by atoms with Crippen LogP contribution < -0.4 is 10.5 Å². The van der Waals surface area contributed by atoms with Crippen molar-refractivity contribution in [2.24, 2.45) is 5.73 Å². The molecule has 0 aliphatic rings. The molecule has 0 saturated heterocycles. The van der Waals surface area contributed by atoms with E-state index in [0.717, 1.165) is 17.7 Å². The predicted octanol–water partition coefficient (Wildman–Crippen LogP) is 1.20. The van der Waals surface area contributed by atoms with Crippen molar-refractivity contribution < 1.29 is 9.47 Å². The average molecular weight is 234 g/mol. The lowest BCUT2D eigenvalue weighted by atomic mass is 10.2. The zero-order valence-electron chi connectivity index (χ0n) is 10.3. The van der Waals surface area contributed by atoms with Gasteiger partial charge in [0, 0.05) is 31.9 Å². The predicted molar refractivity (Wildman–Crippen MR) is 66.8 cm³/mol. The van der Waals surface area contributed by atoms with Gasteiger partial charge in [-0.2, -0.15) is 0 Å². The second-order valence-corrected chi connectivity index (χ2v) is 3.63. The summed E-state index contributed by atoms with van der Waals surface area (Å²) < 4.78 is 10.7. The second kappa shape index (κ2) is 7.66. The number of rotatable bonds is 5. The normalized spacial score (nSPS) is 11.5. The molecular weight excluding hydrogens is 216 g/mol. The van der Waals surface area contributed by atoms with Gasteiger partial charge in [0.2, 0.25) is 0 Å². The number of hydrogen-bond donors (Lipinski definition) is 1. The maximum Gasteiger partial charge on any atom is 0.139 e. The highest BCUT2D eigenvalue weighted by Crippen LogP contribution is 2.13. The summed E-state index contributed by atoms with van der Waals surface area (Å²) in [6.07, 6.45) is 4.30. The maximum absolute atomic E-state index is 5.70. The van der Waals surface area contributed by atoms with Gasteiger partial charge in [-0.25, -0.2) is 0 Å². The van der Waals surface area contributed by atoms with Crippen LogP contribution in [0.1, 0.15) is 18.9 Å². The fraction of sp³-hybridized carbons (Fsp3) is 0.462. The minimum atomic E-state index is 0.0921. The molecular formula is C13H18N2O2. The van der Waals surface area contributed by atoms with Crippen molar-refractivity contribution in [3.8, 4) is 17.6 Å². The Morgan fingerprint density at radius 3 is 3.00 bits per heavy atom. The van der Waals surface area contributed by atoms with Crippen LogP contribution in [0.3, 0.4) is 0 Å². The number of nitrogens with two attached hydrogens (primary N) is 1. The van der Waals surface area contributed by atoms with Crippen LogP contribution in [-0.2, 0) is 4.74 Å². The van der Waals surface area contributed by atoms with E-state index in [-0.39, 0.29) is 6.10 Å². The molecule has 92 valence electrons. The van der Waals surface area contributed by atoms with Crippen molar-refractivity contribution in [2.75, 3.05) is 20.3 Å². The Morgan fingerprint density at radius 2 is 2.29 bits per heavy atom. The molecule has 0 radical (unpaired) electrons. The van der Waals surface area contributed by atoms with Gasteiger partial charge in [0.05, 0.1) is 18.8 Å². The summed E-state index contributed by atoms with van der Waals surface area (Å²) >= 11 is 0. The number of nitrogens with zero attached hydrogens (tertiary/aromatic N) is 1. The zero-order chi connectivity index (χ0) is 12.5. The Bertz CT molecular complexity index is 396. The van der Waals surface area contributed by atoms with Crippen molar-refractivity contribution in [3.63, 3.8) is 0 Å². The van der Waals surface area contributed by atoms with Gasteiger partial charge in [0.1, 0.15) is 5.75 Å². The molecule has 0 aromatic carbocycles. The van der Waals surface area contributed by atoms with Gasteiger partial charge in [-0.15, -0.1) is 0 Å². The largest absolute Gasteiger partial charge is 0.489 e. The summed E-state index contributed by atoms with van der Waals surface area (Å²) in [4.78, 5) is 4.07. The third-order valence-corrected chi connectivity index (χ3v) is 2.11. The van der Waals surface area contributed by atoms with Crippen LogP contribution in [0.2, 0.25) is 0 Å². The lowest BCUT2D eigenvalue weighted by Gasteiger charge is -2.13. The highest BCUT2D eigenvalue weighted by molar-refractivity contribution is 5.36. The second-order valence-electron chi connectivity index (χ2n) is 3.63. The van der Waals surface area contributed by atoms with E-state index in [1.807, 2.05) is 13.0 Å². The first-order valence-electron chi connectivity index (χ1n) is 5.56. The van der Waals surface area contributed by atoms with E-state index in [0.29, 0.717) is 13.2 Å². The topological polar surface area (TPSA) is 57.4 Å². The number of aromatic nitrogens is 1. The van der Waals surface area contributed by atoms with Crippen LogP contribution >= 0.6 is 0 Å². The lowest BCUT2D eigenvalue weighted by Crippen LogP contribution is -2.14. The first-order valence-corrected chi connectivity index (χ1v) is 5.56. The molecule has 17 heavy (non-hydrogen) atoms. The van der Waals surface area contributed by atoms with Gasteiger partial charge in [-0.3, -0.25) is 4.98 Å². The Balaban J connectivity index is 2.59. The summed E-state index contributed by atoms with van der Waals surface area (Å²) in [6, 6.07) is 1.86. The van der Waals surface area contributed by atoms with Crippen LogP contribution in [0.5, 0.6) is 5.75 Å². The van der Waals surface area contributed by atoms with E-state index in [2.05, 4.69) is 16.8 Å². The van der Waals surface area contributed by atoms with E-state index in [1.54, 1.807) is 19.5 Å². The van der Waals surface area contributed by atoms with Gasteiger partial charge in [-0.05, 0) is 13.0 Å². The van der Waals surface area contributed by atoms with Crippen molar-refractivity contribution in [1.29, 1.82) is 0 Å². The quantitative estimate of drug-likeness (QED) is 0.778. The van der Waals surface area contributed by atoms with Crippen molar-refractivity contribution in [2.45, 2.75) is 19.4 Å². The summed E-state index contributed by atoms with van der Waals surface area (Å²) in [7, 11) is 1.68. The SMILES string of the molecule is COCCC(C)Oc1cncc(C#CCN)c1. The molecule has 0 amide bonds. The molecule has 0 fully saturated rings. The molecule has 1 heterocycles. The van der Waals surface area contributed by atoms with Gasteiger partial charge >= 0.3 is 0 Å². The summed E-state index contributed by atoms with van der Waals surface area (Å²) in [5.41, 5.74) is 6.12. The zero-order valence-corrected chi connectivity index (χ0v) is 10.3. The Hall–Kier alpha value is -1.57. The first-order chi connectivity index (χ1) is 8.26. The third-order valence-electron chi connectivity index (χ3n) is 2.11. The van der Waals surface area contributed by atoms with Crippen molar-refractivity contribution in [3.05, 3.63) is 24.0 Å². The molecule has 0 saturated carbocycles. The van der Waals surface area contributed by atoms with E-state index >= 15 is 0 Å². The first kappa shape index (κ1) is 13.5. The Morgan fingerprint density at radius 1 is 1.47 bits per heavy atom. The van der Waals surface area contributed by atoms with Crippen LogP contribution in [-0.4, -0.2) is 31.3 Å². The summed E-state index contributed by atoms with van der Waals surface area (Å²) in [6.45, 7) is 3.02. The van der Waals surface area contributed by atoms with E-state index in [4.69, 9.17) is 15.2 Å². The highest BCUT2D eigenvalue weighted by atomic mass is 16.5. The number of pyridine rings is 1. The number of hydrogen-bond acceptors (Lipinski definition) is 4. The molecule has 4 nitrogen and oxygen atoms in total. The minimum Gasteiger partial charge on any atom is -0.489 e. The molecule has 0 spiro atoms. The van der Waals surface area contributed by atoms with Crippen LogP contribution in [0.25, 0.3) is 0 Å². The molecule has 0 aliphatic carbocycles. The monoisotopic (exact) mass is 234 g/mol. The van der Waals surface area contributed by atoms with E-state index in [1.165, 1.54) is 0 Å². The fourth-order valence-electron chi connectivity index (χ4n) is 1.28. The van der Waals surface area contributed by atoms with Gasteiger partial charge in [-0.1, -0.05) is 11.8 Å². The molecule has 1 rings (SSSR count). The standard InChI is InChI=1S/C13H18N2O2/c1-11(5-7-16-2)17-13-8-12(4-3-6-14)9-15-10-13/h8-11H,5-7,14H2,1-2H3. The fourth-order valence-corrected chi connectivity index (χ4v) is 1.28. The average Bonchev–Trinajstić information content (AvgIpc) is 2.34. The van der Waals surface area contributed by atoms with Crippen molar-refractivity contribution >= 4 is 0 Å². The van der Waals surface area contributed by atoms with Crippen LogP contribution in [0.15, 0.2) is 18.5 Å².